The zero-order valence-electron chi connectivity index (χ0n) is 7.83. The van der Waals surface area contributed by atoms with Crippen LogP contribution in [0.3, 0.4) is 0 Å². The molecule has 0 spiro atoms. The minimum atomic E-state index is -0.0229. The molecule has 11 heavy (non-hydrogen) atoms. The van der Waals surface area contributed by atoms with Gasteiger partial charge in [-0.15, -0.1) is 0 Å². The van der Waals surface area contributed by atoms with Crippen molar-refractivity contribution in [2.75, 3.05) is 0 Å². The lowest BCUT2D eigenvalue weighted by molar-refractivity contribution is 0.476. The van der Waals surface area contributed by atoms with Gasteiger partial charge in [0.2, 0.25) is 0 Å². The first-order valence-electron chi connectivity index (χ1n) is 4.37. The predicted octanol–water partition coefficient (Wildman–Crippen LogP) is 2.55. The Bertz CT molecular complexity index is 466. The maximum atomic E-state index is 9.25. The Morgan fingerprint density at radius 3 is 3.00 bits per heavy atom. The maximum Gasteiger partial charge on any atom is 0.116 e. The summed E-state index contributed by atoms with van der Waals surface area (Å²) in [6.45, 7) is 0. The zero-order chi connectivity index (χ0) is 9.42. The van der Waals surface area contributed by atoms with Gasteiger partial charge >= 0.3 is 0 Å². The van der Waals surface area contributed by atoms with Gasteiger partial charge in [-0.1, -0.05) is 30.3 Å². The highest BCUT2D eigenvalue weighted by atomic mass is 16.3. The van der Waals surface area contributed by atoms with Gasteiger partial charge in [-0.2, -0.15) is 0 Å². The van der Waals surface area contributed by atoms with Gasteiger partial charge in [0.05, 0.1) is 2.74 Å². The van der Waals surface area contributed by atoms with E-state index in [1.165, 1.54) is 6.07 Å². The van der Waals surface area contributed by atoms with Crippen molar-refractivity contribution >= 4 is 10.8 Å². The molecule has 0 bridgehead atoms. The van der Waals surface area contributed by atoms with E-state index in [2.05, 4.69) is 0 Å². The van der Waals surface area contributed by atoms with Crippen LogP contribution in [0.25, 0.3) is 10.8 Å². The summed E-state index contributed by atoms with van der Waals surface area (Å²) in [5.74, 6) is -0.0229. The molecule has 0 aromatic heterocycles. The zero-order valence-corrected chi connectivity index (χ0v) is 5.83. The molecule has 1 N–H and O–H groups in total. The number of phenolic OH excluding ortho intramolecular Hbond substituents is 1. The number of benzene rings is 2. The van der Waals surface area contributed by atoms with E-state index in [9.17, 15) is 5.11 Å². The number of phenols is 1. The average molecular weight is 146 g/mol. The Kier molecular flexibility index (Phi) is 0.908. The average Bonchev–Trinajstić information content (AvgIpc) is 2.08. The summed E-state index contributed by atoms with van der Waals surface area (Å²) in [6.07, 6.45) is 0. The van der Waals surface area contributed by atoms with Gasteiger partial charge in [0.1, 0.15) is 5.75 Å². The fraction of sp³-hybridized carbons (Fsp3) is 0. The lowest BCUT2D eigenvalue weighted by Gasteiger charge is -1.96. The lowest BCUT2D eigenvalue weighted by Crippen LogP contribution is -1.69. The Balaban J connectivity index is 2.81. The van der Waals surface area contributed by atoms with Crippen LogP contribution in [-0.4, -0.2) is 5.11 Å². The lowest BCUT2D eigenvalue weighted by atomic mass is 10.1. The van der Waals surface area contributed by atoms with Gasteiger partial charge in [0.15, 0.2) is 0 Å². The van der Waals surface area contributed by atoms with Crippen LogP contribution in [-0.2, 0) is 0 Å². The van der Waals surface area contributed by atoms with Gasteiger partial charge in [-0.25, -0.2) is 0 Å². The molecule has 0 atom stereocenters. The SMILES string of the molecule is [2H]c1ccc2cc(O)c([2H])cc2c1. The molecule has 0 aliphatic carbocycles. The molecule has 0 saturated carbocycles. The van der Waals surface area contributed by atoms with Crippen LogP contribution >= 0.6 is 0 Å². The molecule has 1 nitrogen and oxygen atoms in total. The van der Waals surface area contributed by atoms with Crippen molar-refractivity contribution in [2.24, 2.45) is 0 Å². The molecule has 2 aromatic rings. The molecule has 54 valence electrons. The number of aromatic hydroxyl groups is 1. The highest BCUT2D eigenvalue weighted by Crippen LogP contribution is 2.18. The van der Waals surface area contributed by atoms with Crippen molar-refractivity contribution < 1.29 is 7.85 Å². The molecule has 0 fully saturated rings. The minimum Gasteiger partial charge on any atom is -0.508 e. The maximum absolute atomic E-state index is 9.25. The molecule has 2 rings (SSSR count). The predicted molar refractivity (Wildman–Crippen MR) is 45.6 cm³/mol. The summed E-state index contributed by atoms with van der Waals surface area (Å²) in [5.41, 5.74) is 0. The summed E-state index contributed by atoms with van der Waals surface area (Å²) in [6, 6.07) is 8.70. The monoisotopic (exact) mass is 146 g/mol. The van der Waals surface area contributed by atoms with E-state index in [0.29, 0.717) is 6.04 Å². The standard InChI is InChI=1S/C10H8O/c11-10-6-5-8-3-1-2-4-9(8)7-10/h1-7,11H/i1D,6D. The topological polar surface area (TPSA) is 20.2 Å². The van der Waals surface area contributed by atoms with E-state index in [4.69, 9.17) is 2.74 Å². The van der Waals surface area contributed by atoms with Gasteiger partial charge in [0.25, 0.3) is 0 Å². The van der Waals surface area contributed by atoms with Crippen LogP contribution in [0.1, 0.15) is 2.74 Å². The van der Waals surface area contributed by atoms with Crippen molar-refractivity contribution in [1.82, 2.24) is 0 Å². The van der Waals surface area contributed by atoms with Gasteiger partial charge in [-0.05, 0) is 22.9 Å². The van der Waals surface area contributed by atoms with E-state index < -0.39 is 0 Å². The van der Waals surface area contributed by atoms with Gasteiger partial charge in [-0.3, -0.25) is 0 Å². The van der Waals surface area contributed by atoms with Crippen molar-refractivity contribution in [3.8, 4) is 5.75 Å². The molecular weight excluding hydrogens is 136 g/mol. The second kappa shape index (κ2) is 2.27. The summed E-state index contributed by atoms with van der Waals surface area (Å²) in [5, 5.41) is 10.9. The molecule has 1 heteroatoms. The third-order valence-electron chi connectivity index (χ3n) is 1.60. The van der Waals surface area contributed by atoms with Gasteiger partial charge < -0.3 is 5.11 Å². The molecule has 0 amide bonds. The first-order valence-corrected chi connectivity index (χ1v) is 3.37. The number of fused-ring (bicyclic) bond motifs is 1. The molecule has 0 aliphatic rings. The molecule has 0 aliphatic heterocycles. The largest absolute Gasteiger partial charge is 0.508 e. The van der Waals surface area contributed by atoms with Crippen molar-refractivity contribution in [3.05, 3.63) is 42.4 Å². The quantitative estimate of drug-likeness (QED) is 0.605. The molecule has 0 heterocycles. The fourth-order valence-corrected chi connectivity index (χ4v) is 1.05. The molecule has 0 saturated heterocycles. The molecule has 0 radical (unpaired) electrons. The Morgan fingerprint density at radius 1 is 1.18 bits per heavy atom. The first-order chi connectivity index (χ1) is 6.16. The van der Waals surface area contributed by atoms with Crippen LogP contribution in [0, 0.1) is 0 Å². The normalized spacial score (nSPS) is 12.7. The highest BCUT2D eigenvalue weighted by molar-refractivity contribution is 5.83. The van der Waals surface area contributed by atoms with E-state index in [1.54, 1.807) is 24.3 Å². The highest BCUT2D eigenvalue weighted by Gasteiger charge is 1.91. The Labute approximate surface area is 67.7 Å². The van der Waals surface area contributed by atoms with E-state index in [0.717, 1.165) is 10.8 Å². The fourth-order valence-electron chi connectivity index (χ4n) is 1.05. The van der Waals surface area contributed by atoms with Crippen LogP contribution in [0.4, 0.5) is 0 Å². The second-order valence-electron chi connectivity index (χ2n) is 2.37. The number of hydrogen-bond acceptors (Lipinski definition) is 1. The number of rotatable bonds is 0. The third-order valence-corrected chi connectivity index (χ3v) is 1.60. The van der Waals surface area contributed by atoms with Crippen LogP contribution in [0.15, 0.2) is 42.4 Å². The summed E-state index contributed by atoms with van der Waals surface area (Å²) < 4.78 is 14.7. The van der Waals surface area contributed by atoms with Crippen LogP contribution in [0.5, 0.6) is 5.75 Å². The smallest absolute Gasteiger partial charge is 0.116 e. The van der Waals surface area contributed by atoms with E-state index >= 15 is 0 Å². The second-order valence-corrected chi connectivity index (χ2v) is 2.37. The first kappa shape index (κ1) is 4.39. The summed E-state index contributed by atoms with van der Waals surface area (Å²) >= 11 is 0. The summed E-state index contributed by atoms with van der Waals surface area (Å²) in [4.78, 5) is 0. The number of hydrogen-bond donors (Lipinski definition) is 1. The molecule has 0 unspecified atom stereocenters. The van der Waals surface area contributed by atoms with Gasteiger partial charge in [0, 0.05) is 0 Å². The molecular formula is C10H8O. The summed E-state index contributed by atoms with van der Waals surface area (Å²) in [7, 11) is 0. The Morgan fingerprint density at radius 2 is 2.09 bits per heavy atom. The van der Waals surface area contributed by atoms with E-state index in [1.807, 2.05) is 0 Å². The Hall–Kier alpha value is -1.50. The molecule has 2 aromatic carbocycles. The van der Waals surface area contributed by atoms with Crippen molar-refractivity contribution in [2.45, 2.75) is 0 Å². The van der Waals surface area contributed by atoms with Crippen molar-refractivity contribution in [1.29, 1.82) is 0 Å². The minimum absolute atomic E-state index is 0.0229. The van der Waals surface area contributed by atoms with Crippen LogP contribution in [0.2, 0.25) is 0 Å². The third kappa shape index (κ3) is 1.05. The van der Waals surface area contributed by atoms with Crippen molar-refractivity contribution in [3.63, 3.8) is 0 Å². The van der Waals surface area contributed by atoms with Crippen LogP contribution < -0.4 is 0 Å². The van der Waals surface area contributed by atoms with E-state index in [-0.39, 0.29) is 11.8 Å².